The van der Waals surface area contributed by atoms with Crippen LogP contribution in [-0.4, -0.2) is 58.9 Å². The number of hydrogen-bond acceptors (Lipinski definition) is 0. The summed E-state index contributed by atoms with van der Waals surface area (Å²) in [7, 11) is -3.67. The molecule has 0 spiro atoms. The molecule has 5 heteroatoms. The third-order valence-corrected chi connectivity index (χ3v) is 1.31. The van der Waals surface area contributed by atoms with Crippen LogP contribution < -0.4 is 0 Å². The van der Waals surface area contributed by atoms with E-state index in [1.54, 1.807) is 0 Å². The molecule has 0 saturated carbocycles. The van der Waals surface area contributed by atoms with Crippen LogP contribution in [0.1, 0.15) is 11.1 Å². The molecule has 0 bridgehead atoms. The molecule has 0 aromatic heterocycles. The van der Waals surface area contributed by atoms with Crippen molar-refractivity contribution in [3.8, 4) is 0 Å². The van der Waals surface area contributed by atoms with Crippen LogP contribution in [0.4, 0.5) is 12.9 Å². The maximum absolute atomic E-state index is 9.67. The van der Waals surface area contributed by atoms with Crippen LogP contribution in [-0.2, 0) is 0 Å². The molecule has 0 atom stereocenters. The Morgan fingerprint density at radius 1 is 1.14 bits per heavy atom. The molecule has 1 radical (unpaired) electrons. The molecule has 0 heterocycles. The average molecular weight is 225 g/mol. The standard InChI is InChI=1S/C9H10.BF3.K/c1-3-9-6-4-8(2)5-7-9;2-1(3)4;/h3-7H,1H2,2H3;;. The van der Waals surface area contributed by atoms with Gasteiger partial charge in [-0.15, -0.1) is 0 Å². The van der Waals surface area contributed by atoms with E-state index in [9.17, 15) is 12.9 Å². The first-order valence-electron chi connectivity index (χ1n) is 3.67. The van der Waals surface area contributed by atoms with Gasteiger partial charge in [-0.05, 0) is 12.5 Å². The predicted molar refractivity (Wildman–Crippen MR) is 56.1 cm³/mol. The minimum Gasteiger partial charge on any atom is -0.254 e. The summed E-state index contributed by atoms with van der Waals surface area (Å²) in [6, 6.07) is 8.28. The summed E-state index contributed by atoms with van der Waals surface area (Å²) in [5.74, 6) is 0. The fourth-order valence-corrected chi connectivity index (χ4v) is 0.703. The molecule has 1 aromatic rings. The van der Waals surface area contributed by atoms with Crippen LogP contribution in [0.25, 0.3) is 6.08 Å². The minimum absolute atomic E-state index is 0. The van der Waals surface area contributed by atoms with Gasteiger partial charge >= 0.3 is 7.54 Å². The Labute approximate surface area is 125 Å². The van der Waals surface area contributed by atoms with Crippen molar-refractivity contribution in [1.29, 1.82) is 0 Å². The van der Waals surface area contributed by atoms with Crippen LogP contribution in [0.3, 0.4) is 0 Å². The number of benzene rings is 1. The largest absolute Gasteiger partial charge is 0.762 e. The smallest absolute Gasteiger partial charge is 0.254 e. The normalized spacial score (nSPS) is 7.71. The molecule has 0 aliphatic heterocycles. The van der Waals surface area contributed by atoms with E-state index in [2.05, 4.69) is 37.8 Å². The molecule has 0 N–H and O–H groups in total. The molecule has 0 aliphatic rings. The maximum Gasteiger partial charge on any atom is 0.762 e. The van der Waals surface area contributed by atoms with Crippen molar-refractivity contribution in [2.75, 3.05) is 0 Å². The first-order valence-corrected chi connectivity index (χ1v) is 3.67. The Morgan fingerprint density at radius 2 is 1.50 bits per heavy atom. The summed E-state index contributed by atoms with van der Waals surface area (Å²) in [5, 5.41) is 0. The Morgan fingerprint density at radius 3 is 1.79 bits per heavy atom. The average Bonchev–Trinajstić information content (AvgIpc) is 2.05. The van der Waals surface area contributed by atoms with Crippen LogP contribution in [0.5, 0.6) is 0 Å². The second-order valence-corrected chi connectivity index (χ2v) is 2.36. The number of rotatable bonds is 1. The summed E-state index contributed by atoms with van der Waals surface area (Å²) in [5.41, 5.74) is 2.47. The van der Waals surface area contributed by atoms with Crippen molar-refractivity contribution in [1.82, 2.24) is 0 Å². The van der Waals surface area contributed by atoms with Gasteiger partial charge in [-0.3, -0.25) is 12.9 Å². The second kappa shape index (κ2) is 9.99. The number of hydrogen-bond donors (Lipinski definition) is 0. The van der Waals surface area contributed by atoms with Gasteiger partial charge < -0.3 is 0 Å². The molecule has 0 nitrogen and oxygen atoms in total. The molecule has 71 valence electrons. The Kier molecular flexibility index (Phi) is 12.0. The van der Waals surface area contributed by atoms with E-state index in [4.69, 9.17) is 0 Å². The maximum atomic E-state index is 9.67. The van der Waals surface area contributed by atoms with E-state index in [1.807, 2.05) is 6.08 Å². The van der Waals surface area contributed by atoms with E-state index in [1.165, 1.54) is 11.1 Å². The van der Waals surface area contributed by atoms with E-state index >= 15 is 0 Å². The monoisotopic (exact) mass is 225 g/mol. The molecule has 0 amide bonds. The Hall–Kier alpha value is 0.451. The van der Waals surface area contributed by atoms with Gasteiger partial charge in [0.05, 0.1) is 0 Å². The molecule has 14 heavy (non-hydrogen) atoms. The topological polar surface area (TPSA) is 0 Å². The van der Waals surface area contributed by atoms with Gasteiger partial charge in [0.15, 0.2) is 0 Å². The summed E-state index contributed by atoms with van der Waals surface area (Å²) in [6.45, 7) is 5.74. The first-order chi connectivity index (χ1) is 6.06. The van der Waals surface area contributed by atoms with Gasteiger partial charge in [-0.2, -0.15) is 0 Å². The van der Waals surface area contributed by atoms with E-state index in [0.717, 1.165) is 0 Å². The summed E-state index contributed by atoms with van der Waals surface area (Å²) < 4.78 is 29.0. The van der Waals surface area contributed by atoms with Gasteiger partial charge in [0.1, 0.15) is 0 Å². The van der Waals surface area contributed by atoms with Gasteiger partial charge in [0.2, 0.25) is 0 Å². The van der Waals surface area contributed by atoms with Gasteiger partial charge in [0.25, 0.3) is 0 Å². The fourth-order valence-electron chi connectivity index (χ4n) is 0.703. The second-order valence-electron chi connectivity index (χ2n) is 2.36. The Bertz CT molecular complexity index is 246. The van der Waals surface area contributed by atoms with Gasteiger partial charge in [-0.1, -0.05) is 42.5 Å². The molecular formula is C9H10BF3K. The third-order valence-electron chi connectivity index (χ3n) is 1.31. The quantitative estimate of drug-likeness (QED) is 0.644. The third kappa shape index (κ3) is 10.5. The molecule has 0 saturated heterocycles. The molecule has 0 aliphatic carbocycles. The zero-order chi connectivity index (χ0) is 10.3. The van der Waals surface area contributed by atoms with Crippen molar-refractivity contribution in [3.63, 3.8) is 0 Å². The summed E-state index contributed by atoms with van der Waals surface area (Å²) >= 11 is 0. The van der Waals surface area contributed by atoms with Gasteiger partial charge in [0, 0.05) is 51.4 Å². The van der Waals surface area contributed by atoms with Crippen LogP contribution in [0.15, 0.2) is 30.8 Å². The van der Waals surface area contributed by atoms with Crippen molar-refractivity contribution >= 4 is 65.0 Å². The predicted octanol–water partition coefficient (Wildman–Crippen LogP) is 3.14. The van der Waals surface area contributed by atoms with E-state index in [-0.39, 0.29) is 51.4 Å². The van der Waals surface area contributed by atoms with Crippen LogP contribution in [0, 0.1) is 6.92 Å². The fraction of sp³-hybridized carbons (Fsp3) is 0.111. The molecule has 0 unspecified atom stereocenters. The Balaban J connectivity index is 0. The SMILES string of the molecule is C=Cc1ccc(C)cc1.FB(F)F.[K]. The van der Waals surface area contributed by atoms with Gasteiger partial charge in [-0.25, -0.2) is 0 Å². The zero-order valence-electron chi connectivity index (χ0n) is 8.31. The zero-order valence-corrected chi connectivity index (χ0v) is 11.4. The van der Waals surface area contributed by atoms with E-state index < -0.39 is 7.54 Å². The molecular weight excluding hydrogens is 215 g/mol. The van der Waals surface area contributed by atoms with Crippen LogP contribution in [0.2, 0.25) is 0 Å². The van der Waals surface area contributed by atoms with Crippen molar-refractivity contribution < 1.29 is 12.9 Å². The molecule has 1 rings (SSSR count). The van der Waals surface area contributed by atoms with Crippen molar-refractivity contribution in [2.24, 2.45) is 0 Å². The number of aryl methyl sites for hydroxylation is 1. The van der Waals surface area contributed by atoms with Crippen LogP contribution >= 0.6 is 0 Å². The minimum atomic E-state index is -3.67. The van der Waals surface area contributed by atoms with Crippen molar-refractivity contribution in [3.05, 3.63) is 42.0 Å². The molecule has 1 aromatic carbocycles. The molecule has 0 fully saturated rings. The summed E-state index contributed by atoms with van der Waals surface area (Å²) in [6.07, 6.45) is 1.85. The first kappa shape index (κ1) is 16.9. The van der Waals surface area contributed by atoms with Crippen molar-refractivity contribution in [2.45, 2.75) is 6.92 Å². The summed E-state index contributed by atoms with van der Waals surface area (Å²) in [4.78, 5) is 0. The van der Waals surface area contributed by atoms with E-state index in [0.29, 0.717) is 0 Å². The number of halogens is 3.